The second kappa shape index (κ2) is 6.59. The molecule has 0 radical (unpaired) electrons. The molecule has 0 aliphatic carbocycles. The summed E-state index contributed by atoms with van der Waals surface area (Å²) < 4.78 is 6.49. The highest BCUT2D eigenvalue weighted by atomic mass is 28.4. The van der Waals surface area contributed by atoms with Crippen molar-refractivity contribution in [2.24, 2.45) is 0 Å². The summed E-state index contributed by atoms with van der Waals surface area (Å²) in [5.41, 5.74) is 0. The number of carbonyl (C=O) groups excluding carboxylic acids is 1. The number of aldehydes is 1. The molecule has 116 valence electrons. The number of hydrogen-bond donors (Lipinski definition) is 0. The van der Waals surface area contributed by atoms with Crippen molar-refractivity contribution in [2.45, 2.75) is 38.8 Å². The SMILES string of the molecule is C[C@H](C=O)O[Si](c1ccccc1)(c1ccccc1)C(C)(C)C. The summed E-state index contributed by atoms with van der Waals surface area (Å²) in [5, 5.41) is 2.30. The minimum atomic E-state index is -2.56. The van der Waals surface area contributed by atoms with Gasteiger partial charge in [0, 0.05) is 0 Å². The normalized spacial score (nSPS) is 13.6. The van der Waals surface area contributed by atoms with E-state index < -0.39 is 14.4 Å². The zero-order valence-corrected chi connectivity index (χ0v) is 14.7. The molecule has 0 bridgehead atoms. The van der Waals surface area contributed by atoms with Crippen molar-refractivity contribution in [2.75, 3.05) is 0 Å². The van der Waals surface area contributed by atoms with Crippen molar-refractivity contribution in [3.05, 3.63) is 60.7 Å². The van der Waals surface area contributed by atoms with Gasteiger partial charge in [-0.05, 0) is 22.3 Å². The van der Waals surface area contributed by atoms with E-state index in [1.54, 1.807) is 0 Å². The number of rotatable bonds is 5. The molecule has 0 fully saturated rings. The first-order chi connectivity index (χ1) is 10.4. The van der Waals surface area contributed by atoms with Crippen LogP contribution in [0.2, 0.25) is 5.04 Å². The van der Waals surface area contributed by atoms with Gasteiger partial charge in [-0.3, -0.25) is 0 Å². The van der Waals surface area contributed by atoms with Crippen LogP contribution in [0, 0.1) is 0 Å². The molecule has 0 spiro atoms. The lowest BCUT2D eigenvalue weighted by Crippen LogP contribution is -2.67. The lowest BCUT2D eigenvalue weighted by molar-refractivity contribution is -0.113. The van der Waals surface area contributed by atoms with Crippen molar-refractivity contribution >= 4 is 25.0 Å². The molecule has 0 aliphatic heterocycles. The van der Waals surface area contributed by atoms with E-state index in [1.165, 1.54) is 10.4 Å². The zero-order valence-electron chi connectivity index (χ0n) is 13.7. The average molecular weight is 312 g/mol. The minimum Gasteiger partial charge on any atom is -0.398 e. The molecule has 2 nitrogen and oxygen atoms in total. The number of hydrogen-bond acceptors (Lipinski definition) is 2. The molecular weight excluding hydrogens is 288 g/mol. The average Bonchev–Trinajstić information content (AvgIpc) is 2.52. The monoisotopic (exact) mass is 312 g/mol. The summed E-state index contributed by atoms with van der Waals surface area (Å²) in [6.07, 6.45) is 0.464. The van der Waals surface area contributed by atoms with Crippen LogP contribution >= 0.6 is 0 Å². The van der Waals surface area contributed by atoms with Crippen molar-refractivity contribution < 1.29 is 9.22 Å². The molecule has 0 N–H and O–H groups in total. The van der Waals surface area contributed by atoms with Gasteiger partial charge in [0.1, 0.15) is 6.29 Å². The van der Waals surface area contributed by atoms with E-state index in [0.29, 0.717) is 0 Å². The Morgan fingerprint density at radius 3 is 1.64 bits per heavy atom. The van der Waals surface area contributed by atoms with Crippen LogP contribution < -0.4 is 10.4 Å². The van der Waals surface area contributed by atoms with Gasteiger partial charge in [-0.25, -0.2) is 0 Å². The molecule has 0 aromatic heterocycles. The van der Waals surface area contributed by atoms with Gasteiger partial charge in [0.25, 0.3) is 8.32 Å². The maximum atomic E-state index is 11.3. The highest BCUT2D eigenvalue weighted by molar-refractivity contribution is 6.99. The van der Waals surface area contributed by atoms with Crippen molar-refractivity contribution in [1.82, 2.24) is 0 Å². The highest BCUT2D eigenvalue weighted by Gasteiger charge is 2.50. The lowest BCUT2D eigenvalue weighted by atomic mass is 10.2. The Morgan fingerprint density at radius 2 is 1.32 bits per heavy atom. The molecular formula is C19H24O2Si. The van der Waals surface area contributed by atoms with Crippen LogP contribution in [-0.4, -0.2) is 20.7 Å². The molecule has 0 aliphatic rings. The predicted octanol–water partition coefficient (Wildman–Crippen LogP) is 3.15. The second-order valence-corrected chi connectivity index (χ2v) is 10.9. The van der Waals surface area contributed by atoms with E-state index in [9.17, 15) is 4.79 Å². The summed E-state index contributed by atoms with van der Waals surface area (Å²) >= 11 is 0. The lowest BCUT2D eigenvalue weighted by Gasteiger charge is -2.43. The molecule has 2 rings (SSSR count). The predicted molar refractivity (Wildman–Crippen MR) is 94.2 cm³/mol. The van der Waals surface area contributed by atoms with Gasteiger partial charge in [-0.1, -0.05) is 81.4 Å². The van der Waals surface area contributed by atoms with E-state index in [-0.39, 0.29) is 5.04 Å². The zero-order chi connectivity index (χ0) is 16.2. The third-order valence-electron chi connectivity index (χ3n) is 3.97. The first-order valence-corrected chi connectivity index (χ1v) is 9.57. The van der Waals surface area contributed by atoms with Crippen molar-refractivity contribution in [3.8, 4) is 0 Å². The van der Waals surface area contributed by atoms with Gasteiger partial charge in [0.05, 0.1) is 6.10 Å². The van der Waals surface area contributed by atoms with E-state index in [4.69, 9.17) is 4.43 Å². The fourth-order valence-electron chi connectivity index (χ4n) is 3.00. The summed E-state index contributed by atoms with van der Waals surface area (Å²) in [4.78, 5) is 11.3. The quantitative estimate of drug-likeness (QED) is 0.626. The van der Waals surface area contributed by atoms with E-state index >= 15 is 0 Å². The van der Waals surface area contributed by atoms with Gasteiger partial charge >= 0.3 is 0 Å². The van der Waals surface area contributed by atoms with Gasteiger partial charge in [-0.2, -0.15) is 0 Å². The van der Waals surface area contributed by atoms with E-state index in [1.807, 2.05) is 43.3 Å². The van der Waals surface area contributed by atoms with Crippen molar-refractivity contribution in [1.29, 1.82) is 0 Å². The Morgan fingerprint density at radius 1 is 0.909 bits per heavy atom. The topological polar surface area (TPSA) is 26.3 Å². The Bertz CT molecular complexity index is 563. The molecule has 22 heavy (non-hydrogen) atoms. The number of benzene rings is 2. The smallest absolute Gasteiger partial charge is 0.262 e. The third-order valence-corrected chi connectivity index (χ3v) is 9.10. The maximum Gasteiger partial charge on any atom is 0.262 e. The fourth-order valence-corrected chi connectivity index (χ4v) is 7.63. The molecule has 0 unspecified atom stereocenters. The summed E-state index contributed by atoms with van der Waals surface area (Å²) in [5.74, 6) is 0. The van der Waals surface area contributed by atoms with Crippen LogP contribution in [-0.2, 0) is 9.22 Å². The molecule has 0 saturated carbocycles. The third kappa shape index (κ3) is 3.06. The van der Waals surface area contributed by atoms with E-state index in [0.717, 1.165) is 6.29 Å². The Hall–Kier alpha value is -1.71. The van der Waals surface area contributed by atoms with Gasteiger partial charge in [0.2, 0.25) is 0 Å². The maximum absolute atomic E-state index is 11.3. The summed E-state index contributed by atoms with van der Waals surface area (Å²) in [6.45, 7) is 8.44. The van der Waals surface area contributed by atoms with Crippen LogP contribution in [0.4, 0.5) is 0 Å². The first-order valence-electron chi connectivity index (χ1n) is 7.66. The standard InChI is InChI=1S/C19H24O2Si/c1-16(15-20)21-22(19(2,3)4,17-11-7-5-8-12-17)18-13-9-6-10-14-18/h5-16H,1-4H3/t16-/m1/s1. The van der Waals surface area contributed by atoms with E-state index in [2.05, 4.69) is 45.0 Å². The molecule has 0 heterocycles. The molecule has 0 saturated heterocycles. The Kier molecular flexibility index (Phi) is 4.99. The molecule has 0 amide bonds. The molecule has 2 aromatic carbocycles. The summed E-state index contributed by atoms with van der Waals surface area (Å²) in [6, 6.07) is 20.7. The number of carbonyl (C=O) groups is 1. The van der Waals surface area contributed by atoms with Crippen LogP contribution in [0.3, 0.4) is 0 Å². The fraction of sp³-hybridized carbons (Fsp3) is 0.316. The van der Waals surface area contributed by atoms with Crippen LogP contribution in [0.25, 0.3) is 0 Å². The molecule has 2 aromatic rings. The van der Waals surface area contributed by atoms with Gasteiger partial charge < -0.3 is 9.22 Å². The van der Waals surface area contributed by atoms with Crippen LogP contribution in [0.5, 0.6) is 0 Å². The second-order valence-electron chi connectivity index (χ2n) is 6.62. The molecule has 1 atom stereocenters. The Balaban J connectivity index is 2.72. The first kappa shape index (κ1) is 16.7. The Labute approximate surface area is 134 Å². The van der Waals surface area contributed by atoms with Crippen LogP contribution in [0.1, 0.15) is 27.7 Å². The van der Waals surface area contributed by atoms with Crippen LogP contribution in [0.15, 0.2) is 60.7 Å². The van der Waals surface area contributed by atoms with Crippen molar-refractivity contribution in [3.63, 3.8) is 0 Å². The summed E-state index contributed by atoms with van der Waals surface area (Å²) in [7, 11) is -2.56. The minimum absolute atomic E-state index is 0.0903. The molecule has 3 heteroatoms. The van der Waals surface area contributed by atoms with Gasteiger partial charge in [-0.15, -0.1) is 0 Å². The van der Waals surface area contributed by atoms with Gasteiger partial charge in [0.15, 0.2) is 0 Å². The highest BCUT2D eigenvalue weighted by Crippen LogP contribution is 2.37. The largest absolute Gasteiger partial charge is 0.398 e.